The standard InChI is InChI=1S/C39H50N10O5/c1-20(2)28(48-53-6)18-23(9-7-15-40)35-42-25-12-11-22-17-24(19-41-31(22)32(25)45-35)37-44-27-14-13-26-33(34(27)54-37)46-36(43-26)29-10-8-16-49(29)38(50)30(21(3)4)47-39(51)52-5/h11-14,17,19-21,23,28-30,48H,7-10,15-16,18,40H2,1-6H3,(H,42,45)(H,43,46)(H,47,51)/t23?,28-,29+,30+/m1/s1. The number of hydrogen-bond acceptors (Lipinski definition) is 11. The smallest absolute Gasteiger partial charge is 0.407 e. The second-order valence-electron chi connectivity index (χ2n) is 14.9. The van der Waals surface area contributed by atoms with Crippen molar-refractivity contribution >= 4 is 56.1 Å². The Balaban J connectivity index is 1.17. The van der Waals surface area contributed by atoms with Crippen LogP contribution in [0.25, 0.3) is 55.5 Å². The molecular formula is C39H50N10O5. The number of rotatable bonds is 14. The number of fused-ring (bicyclic) bond motifs is 6. The molecule has 1 unspecified atom stereocenters. The van der Waals surface area contributed by atoms with Gasteiger partial charge in [-0.25, -0.2) is 19.7 Å². The van der Waals surface area contributed by atoms with Crippen LogP contribution in [0.1, 0.15) is 83.4 Å². The van der Waals surface area contributed by atoms with Gasteiger partial charge in [-0.05, 0) is 74.8 Å². The van der Waals surface area contributed by atoms with E-state index in [4.69, 9.17) is 39.7 Å². The Morgan fingerprint density at radius 1 is 1.02 bits per heavy atom. The number of H-pyrrole nitrogens is 2. The lowest BCUT2D eigenvalue weighted by molar-refractivity contribution is -0.135. The Labute approximate surface area is 313 Å². The highest BCUT2D eigenvalue weighted by Crippen LogP contribution is 2.36. The number of nitrogens with two attached hydrogens (primary N) is 1. The molecule has 0 spiro atoms. The highest BCUT2D eigenvalue weighted by molar-refractivity contribution is 6.03. The molecule has 5 heterocycles. The van der Waals surface area contributed by atoms with Crippen LogP contribution in [0, 0.1) is 11.8 Å². The first-order chi connectivity index (χ1) is 26.1. The van der Waals surface area contributed by atoms with Gasteiger partial charge in [-0.3, -0.25) is 9.78 Å². The van der Waals surface area contributed by atoms with Crippen molar-refractivity contribution in [3.63, 3.8) is 0 Å². The second kappa shape index (κ2) is 15.7. The summed E-state index contributed by atoms with van der Waals surface area (Å²) >= 11 is 0. The van der Waals surface area contributed by atoms with Gasteiger partial charge < -0.3 is 39.9 Å². The van der Waals surface area contributed by atoms with Crippen LogP contribution in [0.15, 0.2) is 40.9 Å². The summed E-state index contributed by atoms with van der Waals surface area (Å²) in [5, 5.41) is 3.63. The summed E-state index contributed by atoms with van der Waals surface area (Å²) in [6.45, 7) is 9.34. The lowest BCUT2D eigenvalue weighted by atomic mass is 9.89. The van der Waals surface area contributed by atoms with Gasteiger partial charge in [0, 0.05) is 30.1 Å². The molecule has 0 radical (unpaired) electrons. The molecule has 2 aromatic carbocycles. The van der Waals surface area contributed by atoms with E-state index >= 15 is 0 Å². The zero-order valence-electron chi connectivity index (χ0n) is 31.7. The minimum atomic E-state index is -0.715. The first kappa shape index (κ1) is 37.2. The molecule has 0 aliphatic carbocycles. The number of aromatic amines is 2. The molecule has 15 heteroatoms. The lowest BCUT2D eigenvalue weighted by Gasteiger charge is -2.29. The molecule has 4 aromatic heterocycles. The van der Waals surface area contributed by atoms with Crippen molar-refractivity contribution in [3.05, 3.63) is 48.2 Å². The van der Waals surface area contributed by atoms with Gasteiger partial charge in [0.15, 0.2) is 5.58 Å². The third-order valence-electron chi connectivity index (χ3n) is 10.6. The summed E-state index contributed by atoms with van der Waals surface area (Å²) < 4.78 is 11.2. The van der Waals surface area contributed by atoms with Gasteiger partial charge in [0.2, 0.25) is 11.8 Å². The first-order valence-electron chi connectivity index (χ1n) is 18.8. The number of hydroxylamine groups is 1. The fourth-order valence-corrected chi connectivity index (χ4v) is 7.60. The van der Waals surface area contributed by atoms with Crippen LogP contribution in [0.4, 0.5) is 4.79 Å². The van der Waals surface area contributed by atoms with E-state index in [0.29, 0.717) is 52.9 Å². The average Bonchev–Trinajstić information content (AvgIpc) is 3.98. The molecular weight excluding hydrogens is 688 g/mol. The predicted molar refractivity (Wildman–Crippen MR) is 206 cm³/mol. The van der Waals surface area contributed by atoms with Crippen LogP contribution in [0.2, 0.25) is 0 Å². The number of aromatic nitrogens is 6. The second-order valence-corrected chi connectivity index (χ2v) is 14.9. The summed E-state index contributed by atoms with van der Waals surface area (Å²) in [4.78, 5) is 59.5. The molecule has 54 heavy (non-hydrogen) atoms. The van der Waals surface area contributed by atoms with E-state index in [1.165, 1.54) is 7.11 Å². The molecule has 0 bridgehead atoms. The van der Waals surface area contributed by atoms with Gasteiger partial charge in [-0.1, -0.05) is 33.8 Å². The number of alkyl carbamates (subject to hydrolysis) is 1. The number of nitrogens with one attached hydrogen (secondary N) is 4. The number of hydrogen-bond donors (Lipinski definition) is 5. The van der Waals surface area contributed by atoms with Crippen molar-refractivity contribution in [2.75, 3.05) is 27.3 Å². The Hall–Kier alpha value is -5.12. The Morgan fingerprint density at radius 2 is 1.80 bits per heavy atom. The SMILES string of the molecule is CON[C@H](CC(CCCN)c1nc2ccc3cc(-c4nc5ccc6nc([C@@H]7CCCN7C(=O)[C@@H](NC(=O)OC)C(C)C)[nH]c6c5o4)cnc3c2[nH]1)C(C)C. The Morgan fingerprint density at radius 3 is 2.54 bits per heavy atom. The van der Waals surface area contributed by atoms with Crippen molar-refractivity contribution in [3.8, 4) is 11.5 Å². The number of benzene rings is 2. The van der Waals surface area contributed by atoms with E-state index in [1.54, 1.807) is 18.2 Å². The van der Waals surface area contributed by atoms with Gasteiger partial charge in [0.05, 0.1) is 47.9 Å². The number of ether oxygens (including phenoxy) is 1. The monoisotopic (exact) mass is 738 g/mol. The molecule has 1 aliphatic rings. The molecule has 1 fully saturated rings. The van der Waals surface area contributed by atoms with E-state index in [2.05, 4.69) is 34.6 Å². The molecule has 286 valence electrons. The summed E-state index contributed by atoms with van der Waals surface area (Å²) in [5.74, 6) is 2.28. The number of nitrogens with zero attached hydrogens (tertiary/aromatic N) is 5. The number of imidazole rings is 2. The molecule has 1 saturated heterocycles. The van der Waals surface area contributed by atoms with Crippen LogP contribution in [-0.2, 0) is 14.4 Å². The maximum Gasteiger partial charge on any atom is 0.407 e. The summed E-state index contributed by atoms with van der Waals surface area (Å²) in [6.07, 6.45) is 5.36. The number of likely N-dealkylation sites (tertiary alicyclic amines) is 1. The van der Waals surface area contributed by atoms with Gasteiger partial charge >= 0.3 is 6.09 Å². The Bertz CT molecular complexity index is 2280. The summed E-state index contributed by atoms with van der Waals surface area (Å²) in [5.41, 5.74) is 15.0. The van der Waals surface area contributed by atoms with Crippen LogP contribution >= 0.6 is 0 Å². The van der Waals surface area contributed by atoms with Crippen molar-refractivity contribution in [2.45, 2.75) is 83.8 Å². The van der Waals surface area contributed by atoms with Crippen molar-refractivity contribution < 1.29 is 23.6 Å². The number of carbonyl (C=O) groups excluding carboxylic acids is 2. The van der Waals surface area contributed by atoms with Crippen molar-refractivity contribution in [1.82, 2.24) is 45.6 Å². The van der Waals surface area contributed by atoms with Gasteiger partial charge in [0.25, 0.3) is 0 Å². The average molecular weight is 739 g/mol. The van der Waals surface area contributed by atoms with Crippen LogP contribution in [0.3, 0.4) is 0 Å². The maximum absolute atomic E-state index is 13.7. The molecule has 0 saturated carbocycles. The van der Waals surface area contributed by atoms with E-state index in [0.717, 1.165) is 65.4 Å². The first-order valence-corrected chi connectivity index (χ1v) is 18.8. The molecule has 7 rings (SSSR count). The molecule has 1 aliphatic heterocycles. The third kappa shape index (κ3) is 7.22. The highest BCUT2D eigenvalue weighted by Gasteiger charge is 2.38. The van der Waals surface area contributed by atoms with E-state index in [-0.39, 0.29) is 29.8 Å². The van der Waals surface area contributed by atoms with Crippen LogP contribution in [-0.4, -0.2) is 86.2 Å². The van der Waals surface area contributed by atoms with Gasteiger partial charge in [-0.2, -0.15) is 5.48 Å². The van der Waals surface area contributed by atoms with Gasteiger partial charge in [-0.15, -0.1) is 0 Å². The zero-order chi connectivity index (χ0) is 38.1. The highest BCUT2D eigenvalue weighted by atomic mass is 16.6. The third-order valence-corrected chi connectivity index (χ3v) is 10.6. The quantitative estimate of drug-likeness (QED) is 0.0793. The fraction of sp³-hybridized carbons (Fsp3) is 0.487. The fourth-order valence-electron chi connectivity index (χ4n) is 7.60. The molecule has 2 amide bonds. The maximum atomic E-state index is 13.7. The lowest BCUT2D eigenvalue weighted by Crippen LogP contribution is -2.51. The van der Waals surface area contributed by atoms with Gasteiger partial charge in [0.1, 0.15) is 28.7 Å². The van der Waals surface area contributed by atoms with E-state index in [9.17, 15) is 9.59 Å². The number of methoxy groups -OCH3 is 1. The summed E-state index contributed by atoms with van der Waals surface area (Å²) in [6, 6.07) is 9.04. The topological polar surface area (TPSA) is 202 Å². The Kier molecular flexibility index (Phi) is 10.8. The largest absolute Gasteiger partial charge is 0.453 e. The minimum absolute atomic E-state index is 0.126. The van der Waals surface area contributed by atoms with Crippen molar-refractivity contribution in [1.29, 1.82) is 0 Å². The molecule has 6 N–H and O–H groups in total. The number of carbonyl (C=O) groups is 2. The molecule has 4 atom stereocenters. The van der Waals surface area contributed by atoms with E-state index in [1.807, 2.05) is 44.2 Å². The number of oxazole rings is 1. The normalized spacial score (nSPS) is 16.7. The minimum Gasteiger partial charge on any atom is -0.453 e. The van der Waals surface area contributed by atoms with Crippen molar-refractivity contribution in [2.24, 2.45) is 17.6 Å². The van der Waals surface area contributed by atoms with Crippen LogP contribution < -0.4 is 16.5 Å². The predicted octanol–water partition coefficient (Wildman–Crippen LogP) is 6.23. The van der Waals surface area contributed by atoms with E-state index < -0.39 is 12.1 Å². The number of amides is 2. The zero-order valence-corrected chi connectivity index (χ0v) is 31.7. The molecule has 15 nitrogen and oxygen atoms in total. The number of pyridine rings is 1. The summed E-state index contributed by atoms with van der Waals surface area (Å²) in [7, 11) is 2.94. The van der Waals surface area contributed by atoms with Crippen LogP contribution in [0.5, 0.6) is 0 Å². The molecule has 6 aromatic rings.